The number of nitrogens with zero attached hydrogens (tertiary/aromatic N) is 2. The molecule has 0 spiro atoms. The van der Waals surface area contributed by atoms with Gasteiger partial charge in [0.05, 0.1) is 11.1 Å². The van der Waals surface area contributed by atoms with E-state index in [0.29, 0.717) is 20.7 Å². The fourth-order valence-corrected chi connectivity index (χ4v) is 4.00. The van der Waals surface area contributed by atoms with Gasteiger partial charge in [-0.05, 0) is 52.9 Å². The van der Waals surface area contributed by atoms with Gasteiger partial charge in [0.15, 0.2) is 0 Å². The maximum Gasteiger partial charge on any atom is 0.259 e. The molecular formula is C14H10BrN3OS. The number of rotatable bonds is 2. The maximum absolute atomic E-state index is 12.2. The van der Waals surface area contributed by atoms with Crippen LogP contribution >= 0.6 is 27.3 Å². The number of hydrogen-bond donors (Lipinski definition) is 1. The Labute approximate surface area is 128 Å². The lowest BCUT2D eigenvalue weighted by Gasteiger charge is -2.05. The molecule has 1 aliphatic carbocycles. The number of thiophene rings is 1. The number of nitrogens with one attached hydrogen (secondary N) is 1. The summed E-state index contributed by atoms with van der Waals surface area (Å²) in [6, 6.07) is 5.62. The normalized spacial score (nSPS) is 12.8. The first-order chi connectivity index (χ1) is 9.70. The summed E-state index contributed by atoms with van der Waals surface area (Å²) in [5, 5.41) is 12.8. The monoisotopic (exact) mass is 347 g/mol. The summed E-state index contributed by atoms with van der Waals surface area (Å²) in [6.07, 6.45) is 4.64. The number of anilines is 1. The standard InChI is InChI=1S/C14H10BrN3OS/c15-12-9(4-2-6-17-12)13(19)18-14-10(7-16)8-3-1-5-11(8)20-14/h2,4,6H,1,3,5H2,(H,18,19). The third kappa shape index (κ3) is 2.23. The lowest BCUT2D eigenvalue weighted by molar-refractivity contribution is 0.102. The van der Waals surface area contributed by atoms with Crippen LogP contribution in [0.5, 0.6) is 0 Å². The third-order valence-electron chi connectivity index (χ3n) is 3.26. The number of carbonyl (C=O) groups excluding carboxylic acids is 1. The predicted octanol–water partition coefficient (Wildman–Crippen LogP) is 3.52. The average molecular weight is 348 g/mol. The Balaban J connectivity index is 1.91. The molecule has 1 amide bonds. The van der Waals surface area contributed by atoms with Crippen molar-refractivity contribution in [1.29, 1.82) is 5.26 Å². The summed E-state index contributed by atoms with van der Waals surface area (Å²) in [5.74, 6) is -0.249. The zero-order valence-corrected chi connectivity index (χ0v) is 12.8. The van der Waals surface area contributed by atoms with Gasteiger partial charge in [0, 0.05) is 11.1 Å². The number of pyridine rings is 1. The van der Waals surface area contributed by atoms with E-state index in [4.69, 9.17) is 0 Å². The van der Waals surface area contributed by atoms with E-state index >= 15 is 0 Å². The molecule has 0 unspecified atom stereocenters. The molecule has 2 aromatic heterocycles. The minimum Gasteiger partial charge on any atom is -0.312 e. The van der Waals surface area contributed by atoms with Crippen LogP contribution in [0.25, 0.3) is 0 Å². The first kappa shape index (κ1) is 13.3. The summed E-state index contributed by atoms with van der Waals surface area (Å²) < 4.78 is 0.500. The van der Waals surface area contributed by atoms with Gasteiger partial charge in [-0.1, -0.05) is 0 Å². The van der Waals surface area contributed by atoms with E-state index in [0.717, 1.165) is 24.8 Å². The highest BCUT2D eigenvalue weighted by molar-refractivity contribution is 9.10. The van der Waals surface area contributed by atoms with Crippen molar-refractivity contribution in [3.63, 3.8) is 0 Å². The number of fused-ring (bicyclic) bond motifs is 1. The number of amides is 1. The molecule has 0 aromatic carbocycles. The summed E-state index contributed by atoms with van der Waals surface area (Å²) in [4.78, 5) is 17.5. The third-order valence-corrected chi connectivity index (χ3v) is 5.10. The smallest absolute Gasteiger partial charge is 0.259 e. The second-order valence-electron chi connectivity index (χ2n) is 4.47. The highest BCUT2D eigenvalue weighted by atomic mass is 79.9. The molecular weight excluding hydrogens is 338 g/mol. The van der Waals surface area contributed by atoms with Crippen LogP contribution < -0.4 is 5.32 Å². The van der Waals surface area contributed by atoms with Crippen LogP contribution in [-0.2, 0) is 12.8 Å². The fraction of sp³-hybridized carbons (Fsp3) is 0.214. The predicted molar refractivity (Wildman–Crippen MR) is 80.9 cm³/mol. The number of aryl methyl sites for hydroxylation is 1. The van der Waals surface area contributed by atoms with Gasteiger partial charge in [-0.3, -0.25) is 4.79 Å². The van der Waals surface area contributed by atoms with Crippen molar-refractivity contribution in [3.05, 3.63) is 44.5 Å². The van der Waals surface area contributed by atoms with Crippen molar-refractivity contribution >= 4 is 38.2 Å². The summed E-state index contributed by atoms with van der Waals surface area (Å²) in [7, 11) is 0. The van der Waals surface area contributed by atoms with Crippen molar-refractivity contribution in [2.75, 3.05) is 5.32 Å². The highest BCUT2D eigenvalue weighted by Gasteiger charge is 2.23. The van der Waals surface area contributed by atoms with Gasteiger partial charge < -0.3 is 5.32 Å². The van der Waals surface area contributed by atoms with E-state index in [-0.39, 0.29) is 5.91 Å². The molecule has 4 nitrogen and oxygen atoms in total. The Kier molecular flexibility index (Phi) is 3.55. The molecule has 0 aliphatic heterocycles. The molecule has 1 aliphatic rings. The molecule has 3 rings (SSSR count). The van der Waals surface area contributed by atoms with E-state index in [1.54, 1.807) is 18.3 Å². The van der Waals surface area contributed by atoms with Crippen molar-refractivity contribution < 1.29 is 4.79 Å². The van der Waals surface area contributed by atoms with E-state index in [1.165, 1.54) is 16.2 Å². The summed E-state index contributed by atoms with van der Waals surface area (Å²) >= 11 is 4.77. The zero-order valence-electron chi connectivity index (χ0n) is 10.4. The molecule has 0 radical (unpaired) electrons. The van der Waals surface area contributed by atoms with E-state index in [9.17, 15) is 10.1 Å². The van der Waals surface area contributed by atoms with Crippen LogP contribution in [0.2, 0.25) is 0 Å². The van der Waals surface area contributed by atoms with Gasteiger partial charge in [0.1, 0.15) is 15.7 Å². The van der Waals surface area contributed by atoms with E-state index in [2.05, 4.69) is 32.3 Å². The Morgan fingerprint density at radius 3 is 3.10 bits per heavy atom. The lowest BCUT2D eigenvalue weighted by Crippen LogP contribution is -2.13. The molecule has 6 heteroatoms. The molecule has 0 saturated carbocycles. The maximum atomic E-state index is 12.2. The molecule has 20 heavy (non-hydrogen) atoms. The van der Waals surface area contributed by atoms with Crippen LogP contribution in [0.3, 0.4) is 0 Å². The Morgan fingerprint density at radius 2 is 2.35 bits per heavy atom. The molecule has 1 N–H and O–H groups in total. The first-order valence-electron chi connectivity index (χ1n) is 6.17. The molecule has 2 heterocycles. The Morgan fingerprint density at radius 1 is 1.50 bits per heavy atom. The first-order valence-corrected chi connectivity index (χ1v) is 7.78. The van der Waals surface area contributed by atoms with Gasteiger partial charge >= 0.3 is 0 Å². The van der Waals surface area contributed by atoms with Crippen LogP contribution in [0.15, 0.2) is 22.9 Å². The molecule has 100 valence electrons. The van der Waals surface area contributed by atoms with E-state index in [1.807, 2.05) is 0 Å². The highest BCUT2D eigenvalue weighted by Crippen LogP contribution is 2.38. The molecule has 0 bridgehead atoms. The van der Waals surface area contributed by atoms with Crippen LogP contribution in [0, 0.1) is 11.3 Å². The molecule has 2 aromatic rings. The van der Waals surface area contributed by atoms with Gasteiger partial charge in [0.2, 0.25) is 0 Å². The minimum absolute atomic E-state index is 0.249. The van der Waals surface area contributed by atoms with Gasteiger partial charge in [-0.25, -0.2) is 4.98 Å². The fourth-order valence-electron chi connectivity index (χ4n) is 2.34. The van der Waals surface area contributed by atoms with Gasteiger partial charge in [0.25, 0.3) is 5.91 Å². The topological polar surface area (TPSA) is 65.8 Å². The minimum atomic E-state index is -0.249. The quantitative estimate of drug-likeness (QED) is 0.845. The number of halogens is 1. The molecule has 0 fully saturated rings. The molecule has 0 atom stereocenters. The van der Waals surface area contributed by atoms with Crippen LogP contribution in [0.1, 0.15) is 32.8 Å². The summed E-state index contributed by atoms with van der Waals surface area (Å²) in [5.41, 5.74) is 2.19. The number of carbonyl (C=O) groups is 1. The second-order valence-corrected chi connectivity index (χ2v) is 6.33. The summed E-state index contributed by atoms with van der Waals surface area (Å²) in [6.45, 7) is 0. The van der Waals surface area contributed by atoms with Crippen molar-refractivity contribution in [1.82, 2.24) is 4.98 Å². The second kappa shape index (κ2) is 5.35. The lowest BCUT2D eigenvalue weighted by atomic mass is 10.1. The number of hydrogen-bond acceptors (Lipinski definition) is 4. The van der Waals surface area contributed by atoms with Crippen LogP contribution in [-0.4, -0.2) is 10.9 Å². The zero-order chi connectivity index (χ0) is 14.1. The number of aromatic nitrogens is 1. The molecule has 0 saturated heterocycles. The SMILES string of the molecule is N#Cc1c(NC(=O)c2cccnc2Br)sc2c1CCC2. The van der Waals surface area contributed by atoms with E-state index < -0.39 is 0 Å². The Hall–Kier alpha value is -1.71. The van der Waals surface area contributed by atoms with Gasteiger partial charge in [-0.15, -0.1) is 11.3 Å². The average Bonchev–Trinajstić information content (AvgIpc) is 2.99. The van der Waals surface area contributed by atoms with Crippen molar-refractivity contribution in [2.24, 2.45) is 0 Å². The van der Waals surface area contributed by atoms with Crippen molar-refractivity contribution in [2.45, 2.75) is 19.3 Å². The Bertz CT molecular complexity index is 733. The largest absolute Gasteiger partial charge is 0.312 e. The number of nitriles is 1. The van der Waals surface area contributed by atoms with Crippen LogP contribution in [0.4, 0.5) is 5.00 Å². The van der Waals surface area contributed by atoms with Gasteiger partial charge in [-0.2, -0.15) is 5.26 Å². The van der Waals surface area contributed by atoms with Crippen molar-refractivity contribution in [3.8, 4) is 6.07 Å².